The summed E-state index contributed by atoms with van der Waals surface area (Å²) in [6.45, 7) is 6.52. The fraction of sp³-hybridized carbons (Fsp3) is 0.517. The maximum absolute atomic E-state index is 13.6. The van der Waals surface area contributed by atoms with Gasteiger partial charge in [-0.1, -0.05) is 57.0 Å². The largest absolute Gasteiger partial charge is 0.338 e. The van der Waals surface area contributed by atoms with E-state index in [9.17, 15) is 22.8 Å². The van der Waals surface area contributed by atoms with Gasteiger partial charge in [-0.05, 0) is 55.6 Å². The van der Waals surface area contributed by atoms with E-state index >= 15 is 0 Å². The van der Waals surface area contributed by atoms with E-state index in [-0.39, 0.29) is 23.4 Å². The molecule has 1 aromatic heterocycles. The Kier molecular flexibility index (Phi) is 8.94. The third-order valence-corrected chi connectivity index (χ3v) is 9.93. The van der Waals surface area contributed by atoms with Crippen molar-refractivity contribution in [3.8, 4) is 0 Å². The first-order chi connectivity index (χ1) is 18.9. The maximum Gasteiger partial charge on any atom is 0.321 e. The van der Waals surface area contributed by atoms with E-state index < -0.39 is 32.4 Å². The van der Waals surface area contributed by atoms with E-state index in [0.29, 0.717) is 31.6 Å². The van der Waals surface area contributed by atoms with Crippen molar-refractivity contribution < 1.29 is 18.0 Å². The van der Waals surface area contributed by atoms with E-state index in [2.05, 4.69) is 25.3 Å². The van der Waals surface area contributed by atoms with E-state index in [4.69, 9.17) is 0 Å². The van der Waals surface area contributed by atoms with Crippen LogP contribution in [0.2, 0.25) is 0 Å². The van der Waals surface area contributed by atoms with Gasteiger partial charge in [0.2, 0.25) is 16.0 Å². The summed E-state index contributed by atoms with van der Waals surface area (Å²) in [4.78, 5) is 43.5. The van der Waals surface area contributed by atoms with E-state index in [0.717, 1.165) is 36.8 Å². The van der Waals surface area contributed by atoms with Gasteiger partial charge in [-0.25, -0.2) is 17.9 Å². The van der Waals surface area contributed by atoms with Crippen molar-refractivity contribution in [2.24, 2.45) is 16.7 Å². The topological polar surface area (TPSA) is 150 Å². The van der Waals surface area contributed by atoms with Gasteiger partial charge in [-0.15, -0.1) is 0 Å². The number of allylic oxidation sites excluding steroid dienone is 1. The molecule has 0 spiro atoms. The normalized spacial score (nSPS) is 22.5. The number of benzene rings is 1. The molecule has 216 valence electrons. The number of Topliss-reactive ketones (excluding diaryl/α,β-unsaturated/α-hetero) is 1. The van der Waals surface area contributed by atoms with Crippen LogP contribution in [0.1, 0.15) is 63.6 Å². The Morgan fingerprint density at radius 1 is 1.10 bits per heavy atom. The number of unbranched alkanes of at least 4 members (excludes halogenated alkanes) is 3. The SMILES string of the molecule is Cc1cc(=O)nc(NC(=O)NCCCCCCNS(=O)(=O)CC23CCC(/C(=C\c4ccccc4)C2=O)C3(C)C)[nH]1. The quantitative estimate of drug-likeness (QED) is 0.226. The molecule has 2 aliphatic rings. The molecule has 0 saturated heterocycles. The Bertz CT molecular complexity index is 1430. The molecule has 2 saturated carbocycles. The van der Waals surface area contributed by atoms with Crippen molar-refractivity contribution in [1.82, 2.24) is 20.0 Å². The van der Waals surface area contributed by atoms with E-state index in [1.165, 1.54) is 6.07 Å². The van der Waals surface area contributed by atoms with Crippen molar-refractivity contribution in [1.29, 1.82) is 0 Å². The summed E-state index contributed by atoms with van der Waals surface area (Å²) < 4.78 is 28.9. The molecule has 4 N–H and O–H groups in total. The highest BCUT2D eigenvalue weighted by atomic mass is 32.2. The lowest BCUT2D eigenvalue weighted by Gasteiger charge is -2.35. The first kappa shape index (κ1) is 29.7. The summed E-state index contributed by atoms with van der Waals surface area (Å²) in [6, 6.07) is 10.6. The molecule has 1 aromatic carbocycles. The number of nitrogens with one attached hydrogen (secondary N) is 4. The number of fused-ring (bicyclic) bond motifs is 2. The highest BCUT2D eigenvalue weighted by Gasteiger charge is 2.67. The van der Waals surface area contributed by atoms with Crippen LogP contribution in [-0.4, -0.2) is 49.0 Å². The maximum atomic E-state index is 13.6. The van der Waals surface area contributed by atoms with Gasteiger partial charge in [0, 0.05) is 30.4 Å². The standard InChI is InChI=1S/C29H39N5O5S/c1-20-17-24(35)33-26(32-20)34-27(37)30-15-9-4-5-10-16-31-40(38,39)19-29-14-13-23(28(29,2)3)22(25(29)36)18-21-11-7-6-8-12-21/h6-8,11-12,17-18,23,31H,4-5,9-10,13-16,19H2,1-3H3,(H3,30,32,33,34,35,37)/b22-18+. The van der Waals surface area contributed by atoms with Crippen LogP contribution in [0.5, 0.6) is 0 Å². The average Bonchev–Trinajstić information content (AvgIpc) is 3.20. The first-order valence-corrected chi connectivity index (χ1v) is 15.5. The molecule has 11 heteroatoms. The number of aromatic nitrogens is 2. The molecule has 2 amide bonds. The molecule has 2 bridgehead atoms. The number of nitrogens with zero attached hydrogens (tertiary/aromatic N) is 1. The first-order valence-electron chi connectivity index (χ1n) is 13.9. The van der Waals surface area contributed by atoms with Gasteiger partial charge in [0.25, 0.3) is 5.56 Å². The zero-order valence-electron chi connectivity index (χ0n) is 23.4. The van der Waals surface area contributed by atoms with E-state index in [1.54, 1.807) is 6.92 Å². The number of amides is 2. The highest BCUT2D eigenvalue weighted by molar-refractivity contribution is 7.89. The second kappa shape index (κ2) is 12.1. The minimum absolute atomic E-state index is 0.0240. The van der Waals surface area contributed by atoms with Crippen molar-refractivity contribution in [3.63, 3.8) is 0 Å². The number of hydrogen-bond acceptors (Lipinski definition) is 6. The highest BCUT2D eigenvalue weighted by Crippen LogP contribution is 2.66. The second-order valence-electron chi connectivity index (χ2n) is 11.4. The van der Waals surface area contributed by atoms with Gasteiger partial charge < -0.3 is 10.3 Å². The van der Waals surface area contributed by atoms with Gasteiger partial charge >= 0.3 is 6.03 Å². The van der Waals surface area contributed by atoms with Crippen molar-refractivity contribution in [2.75, 3.05) is 24.2 Å². The Morgan fingerprint density at radius 2 is 1.80 bits per heavy atom. The summed E-state index contributed by atoms with van der Waals surface area (Å²) in [6.07, 6.45) is 6.33. The fourth-order valence-corrected chi connectivity index (χ4v) is 8.06. The van der Waals surface area contributed by atoms with Gasteiger partial charge in [0.15, 0.2) is 5.78 Å². The third-order valence-electron chi connectivity index (χ3n) is 8.42. The molecule has 2 aromatic rings. The van der Waals surface area contributed by atoms with Gasteiger partial charge in [-0.3, -0.25) is 14.9 Å². The zero-order valence-corrected chi connectivity index (χ0v) is 24.2. The minimum atomic E-state index is -3.65. The van der Waals surface area contributed by atoms with Crippen LogP contribution in [-0.2, 0) is 14.8 Å². The Morgan fingerprint density at radius 3 is 2.50 bits per heavy atom. The summed E-state index contributed by atoms with van der Waals surface area (Å²) in [5.41, 5.74) is 0.545. The van der Waals surface area contributed by atoms with Crippen LogP contribution < -0.4 is 20.9 Å². The number of hydrogen-bond donors (Lipinski definition) is 4. The molecular weight excluding hydrogens is 530 g/mol. The van der Waals surface area contributed by atoms with Gasteiger partial charge in [0.1, 0.15) is 0 Å². The lowest BCUT2D eigenvalue weighted by molar-refractivity contribution is -0.125. The lowest BCUT2D eigenvalue weighted by atomic mass is 9.70. The number of rotatable bonds is 12. The summed E-state index contributed by atoms with van der Waals surface area (Å²) in [7, 11) is -3.65. The molecule has 10 nitrogen and oxygen atoms in total. The number of ketones is 1. The third kappa shape index (κ3) is 6.52. The van der Waals surface area contributed by atoms with Crippen LogP contribution >= 0.6 is 0 Å². The number of sulfonamides is 1. The Balaban J connectivity index is 1.20. The van der Waals surface area contributed by atoms with Crippen LogP contribution in [0.4, 0.5) is 10.7 Å². The molecule has 2 unspecified atom stereocenters. The summed E-state index contributed by atoms with van der Waals surface area (Å²) >= 11 is 0. The Labute approximate surface area is 235 Å². The molecule has 2 aliphatic carbocycles. The average molecular weight is 570 g/mol. The number of urea groups is 1. The van der Waals surface area contributed by atoms with Crippen molar-refractivity contribution >= 4 is 33.9 Å². The molecule has 0 aliphatic heterocycles. The zero-order chi connectivity index (χ0) is 29.0. The molecule has 2 atom stereocenters. The van der Waals surface area contributed by atoms with Crippen molar-refractivity contribution in [2.45, 2.75) is 59.3 Å². The van der Waals surface area contributed by atoms with Gasteiger partial charge in [0.05, 0.1) is 11.2 Å². The van der Waals surface area contributed by atoms with Crippen LogP contribution in [0, 0.1) is 23.7 Å². The molecule has 4 rings (SSSR count). The number of H-pyrrole nitrogens is 1. The number of carbonyl (C=O) groups excluding carboxylic acids is 2. The van der Waals surface area contributed by atoms with Crippen molar-refractivity contribution in [3.05, 3.63) is 63.6 Å². The number of aryl methyl sites for hydroxylation is 1. The number of anilines is 1. The van der Waals surface area contributed by atoms with Gasteiger partial charge in [-0.2, -0.15) is 4.98 Å². The van der Waals surface area contributed by atoms with Crippen LogP contribution in [0.15, 0.2) is 46.8 Å². The van der Waals surface area contributed by atoms with Crippen LogP contribution in [0.25, 0.3) is 6.08 Å². The van der Waals surface area contributed by atoms with Crippen LogP contribution in [0.3, 0.4) is 0 Å². The number of aromatic amines is 1. The fourth-order valence-electron chi connectivity index (χ4n) is 6.21. The predicted octanol–water partition coefficient (Wildman–Crippen LogP) is 3.77. The molecular formula is C29H39N5O5S. The minimum Gasteiger partial charge on any atom is -0.338 e. The predicted molar refractivity (Wildman–Crippen MR) is 155 cm³/mol. The van der Waals surface area contributed by atoms with E-state index in [1.807, 2.05) is 50.3 Å². The molecule has 0 radical (unpaired) electrons. The molecule has 1 heterocycles. The lowest BCUT2D eigenvalue weighted by Crippen LogP contribution is -2.45. The smallest absolute Gasteiger partial charge is 0.321 e. The molecule has 2 fully saturated rings. The molecule has 40 heavy (non-hydrogen) atoms. The number of carbonyl (C=O) groups is 2. The second-order valence-corrected chi connectivity index (χ2v) is 13.2. The Hall–Kier alpha value is -3.31. The summed E-state index contributed by atoms with van der Waals surface area (Å²) in [5.74, 6) is -0.0618. The summed E-state index contributed by atoms with van der Waals surface area (Å²) in [5, 5.41) is 5.20. The monoisotopic (exact) mass is 569 g/mol.